The molecule has 3 rings (SSSR count). The van der Waals surface area contributed by atoms with Gasteiger partial charge in [-0.15, -0.1) is 0 Å². The molecule has 1 aliphatic rings. The molecule has 1 heterocycles. The van der Waals surface area contributed by atoms with Gasteiger partial charge in [-0.25, -0.2) is 17.5 Å². The lowest BCUT2D eigenvalue weighted by Crippen LogP contribution is -2.42. The van der Waals surface area contributed by atoms with E-state index in [1.54, 1.807) is 24.3 Å². The molecule has 1 N–H and O–H groups in total. The fourth-order valence-electron chi connectivity index (χ4n) is 3.12. The zero-order chi connectivity index (χ0) is 18.6. The molecule has 0 saturated carbocycles. The van der Waals surface area contributed by atoms with Crippen molar-refractivity contribution >= 4 is 10.0 Å². The number of ether oxygens (including phenoxy) is 1. The van der Waals surface area contributed by atoms with E-state index in [0.717, 1.165) is 30.8 Å². The molecule has 0 aromatic heterocycles. The normalized spacial score (nSPS) is 18.8. The molecule has 0 aliphatic carbocycles. The maximum Gasteiger partial charge on any atom is 0.240 e. The zero-order valence-electron chi connectivity index (χ0n) is 14.7. The van der Waals surface area contributed by atoms with E-state index in [9.17, 15) is 12.8 Å². The summed E-state index contributed by atoms with van der Waals surface area (Å²) in [5.41, 5.74) is 1.98. The molecular weight excluding hydrogens is 355 g/mol. The lowest BCUT2D eigenvalue weighted by Gasteiger charge is -2.33. The molecule has 2 aromatic rings. The van der Waals surface area contributed by atoms with E-state index in [1.807, 2.05) is 18.2 Å². The Kier molecular flexibility index (Phi) is 6.03. The third-order valence-electron chi connectivity index (χ3n) is 4.48. The molecule has 1 saturated heterocycles. The fourth-order valence-corrected chi connectivity index (χ4v) is 3.85. The van der Waals surface area contributed by atoms with Crippen LogP contribution in [0, 0.1) is 5.82 Å². The van der Waals surface area contributed by atoms with E-state index in [0.29, 0.717) is 13.0 Å². The molecule has 1 atom stereocenters. The van der Waals surface area contributed by atoms with Crippen molar-refractivity contribution in [3.63, 3.8) is 0 Å². The Morgan fingerprint density at radius 2 is 1.96 bits per heavy atom. The summed E-state index contributed by atoms with van der Waals surface area (Å²) >= 11 is 0. The largest absolute Gasteiger partial charge is 0.375 e. The molecule has 7 heteroatoms. The average Bonchev–Trinajstić information content (AvgIpc) is 2.62. The first kappa shape index (κ1) is 19.0. The van der Waals surface area contributed by atoms with E-state index < -0.39 is 10.0 Å². The molecule has 0 unspecified atom stereocenters. The number of halogens is 1. The SMILES string of the molecule is CNS(=O)(=O)c1ccc(CN2CCO[C@H](Cc3cccc(F)c3)C2)cc1. The topological polar surface area (TPSA) is 58.6 Å². The Morgan fingerprint density at radius 1 is 1.19 bits per heavy atom. The molecule has 0 spiro atoms. The van der Waals surface area contributed by atoms with Gasteiger partial charge in [0, 0.05) is 19.6 Å². The zero-order valence-corrected chi connectivity index (χ0v) is 15.5. The summed E-state index contributed by atoms with van der Waals surface area (Å²) < 4.78 is 45.0. The first-order valence-corrected chi connectivity index (χ1v) is 10.1. The summed E-state index contributed by atoms with van der Waals surface area (Å²) in [6, 6.07) is 13.5. The number of rotatable bonds is 6. The lowest BCUT2D eigenvalue weighted by atomic mass is 10.1. The molecule has 2 aromatic carbocycles. The van der Waals surface area contributed by atoms with Crippen molar-refractivity contribution in [3.8, 4) is 0 Å². The van der Waals surface area contributed by atoms with Gasteiger partial charge in [-0.05, 0) is 48.9 Å². The fraction of sp³-hybridized carbons (Fsp3) is 0.368. The summed E-state index contributed by atoms with van der Waals surface area (Å²) in [5, 5.41) is 0. The highest BCUT2D eigenvalue weighted by Gasteiger charge is 2.21. The second kappa shape index (κ2) is 8.26. The van der Waals surface area contributed by atoms with Crippen molar-refractivity contribution in [1.82, 2.24) is 9.62 Å². The highest BCUT2D eigenvalue weighted by Crippen LogP contribution is 2.16. The summed E-state index contributed by atoms with van der Waals surface area (Å²) in [6.07, 6.45) is 0.697. The molecule has 1 fully saturated rings. The van der Waals surface area contributed by atoms with Crippen molar-refractivity contribution in [2.45, 2.75) is 24.0 Å². The Balaban J connectivity index is 1.60. The minimum Gasteiger partial charge on any atom is -0.375 e. The average molecular weight is 378 g/mol. The number of hydrogen-bond acceptors (Lipinski definition) is 4. The van der Waals surface area contributed by atoms with Crippen LogP contribution in [0.5, 0.6) is 0 Å². The molecule has 1 aliphatic heterocycles. The van der Waals surface area contributed by atoms with Crippen LogP contribution >= 0.6 is 0 Å². The van der Waals surface area contributed by atoms with Crippen LogP contribution in [-0.4, -0.2) is 46.2 Å². The molecule has 0 bridgehead atoms. The van der Waals surface area contributed by atoms with E-state index >= 15 is 0 Å². The summed E-state index contributed by atoms with van der Waals surface area (Å²) in [6.45, 7) is 2.93. The maximum atomic E-state index is 13.3. The van der Waals surface area contributed by atoms with Gasteiger partial charge in [0.25, 0.3) is 0 Å². The molecule has 0 amide bonds. The van der Waals surface area contributed by atoms with E-state index in [1.165, 1.54) is 13.1 Å². The smallest absolute Gasteiger partial charge is 0.240 e. The Bertz CT molecular complexity index is 840. The van der Waals surface area contributed by atoms with Crippen molar-refractivity contribution in [2.24, 2.45) is 0 Å². The molecular formula is C19H23FN2O3S. The Labute approximate surface area is 153 Å². The number of morpholine rings is 1. The molecule has 0 radical (unpaired) electrons. The summed E-state index contributed by atoms with van der Waals surface area (Å²) in [5.74, 6) is -0.230. The predicted octanol–water partition coefficient (Wildman–Crippen LogP) is 2.18. The maximum absolute atomic E-state index is 13.3. The van der Waals surface area contributed by atoms with Crippen LogP contribution in [0.2, 0.25) is 0 Å². The van der Waals surface area contributed by atoms with Gasteiger partial charge in [-0.3, -0.25) is 4.90 Å². The predicted molar refractivity (Wildman–Crippen MR) is 97.8 cm³/mol. The first-order valence-electron chi connectivity index (χ1n) is 8.57. The van der Waals surface area contributed by atoms with Gasteiger partial charge in [-0.2, -0.15) is 0 Å². The Morgan fingerprint density at radius 3 is 2.65 bits per heavy atom. The van der Waals surface area contributed by atoms with E-state index in [-0.39, 0.29) is 16.8 Å². The highest BCUT2D eigenvalue weighted by molar-refractivity contribution is 7.89. The van der Waals surface area contributed by atoms with Crippen molar-refractivity contribution in [3.05, 3.63) is 65.5 Å². The second-order valence-corrected chi connectivity index (χ2v) is 8.30. The highest BCUT2D eigenvalue weighted by atomic mass is 32.2. The van der Waals surface area contributed by atoms with Crippen LogP contribution in [0.4, 0.5) is 4.39 Å². The minimum absolute atomic E-state index is 0.0227. The van der Waals surface area contributed by atoms with Gasteiger partial charge in [0.2, 0.25) is 10.0 Å². The van der Waals surface area contributed by atoms with Gasteiger partial charge in [0.1, 0.15) is 5.82 Å². The summed E-state index contributed by atoms with van der Waals surface area (Å²) in [4.78, 5) is 2.53. The second-order valence-electron chi connectivity index (χ2n) is 6.41. The summed E-state index contributed by atoms with van der Waals surface area (Å²) in [7, 11) is -2.01. The van der Waals surface area contributed by atoms with Crippen LogP contribution < -0.4 is 4.72 Å². The number of sulfonamides is 1. The molecule has 5 nitrogen and oxygen atoms in total. The van der Waals surface area contributed by atoms with Gasteiger partial charge >= 0.3 is 0 Å². The van der Waals surface area contributed by atoms with Crippen molar-refractivity contribution < 1.29 is 17.5 Å². The monoisotopic (exact) mass is 378 g/mol. The third kappa shape index (κ3) is 4.88. The molecule has 26 heavy (non-hydrogen) atoms. The first-order chi connectivity index (χ1) is 12.5. The van der Waals surface area contributed by atoms with Crippen LogP contribution in [0.25, 0.3) is 0 Å². The number of benzene rings is 2. The Hall–Kier alpha value is -1.80. The van der Waals surface area contributed by atoms with E-state index in [4.69, 9.17) is 4.74 Å². The number of nitrogens with zero attached hydrogens (tertiary/aromatic N) is 1. The van der Waals surface area contributed by atoms with Crippen molar-refractivity contribution in [2.75, 3.05) is 26.7 Å². The van der Waals surface area contributed by atoms with E-state index in [2.05, 4.69) is 9.62 Å². The van der Waals surface area contributed by atoms with Crippen LogP contribution in [0.1, 0.15) is 11.1 Å². The van der Waals surface area contributed by atoms with Gasteiger partial charge in [0.15, 0.2) is 0 Å². The van der Waals surface area contributed by atoms with Gasteiger partial charge in [-0.1, -0.05) is 24.3 Å². The third-order valence-corrected chi connectivity index (χ3v) is 5.91. The quantitative estimate of drug-likeness (QED) is 0.837. The standard InChI is InChI=1S/C19H23FN2O3S/c1-21-26(23,24)19-7-5-15(6-8-19)13-22-9-10-25-18(14-22)12-16-3-2-4-17(20)11-16/h2-8,11,18,21H,9-10,12-14H2,1H3/t18-/m1/s1. The van der Waals surface area contributed by atoms with Gasteiger partial charge in [0.05, 0.1) is 17.6 Å². The van der Waals surface area contributed by atoms with Crippen LogP contribution in [0.3, 0.4) is 0 Å². The lowest BCUT2D eigenvalue weighted by molar-refractivity contribution is -0.0305. The molecule has 140 valence electrons. The van der Waals surface area contributed by atoms with Gasteiger partial charge < -0.3 is 4.74 Å². The number of hydrogen-bond donors (Lipinski definition) is 1. The number of nitrogens with one attached hydrogen (secondary N) is 1. The van der Waals surface area contributed by atoms with Crippen molar-refractivity contribution in [1.29, 1.82) is 0 Å². The minimum atomic E-state index is -3.41. The van der Waals surface area contributed by atoms with Crippen LogP contribution in [0.15, 0.2) is 53.4 Å². The van der Waals surface area contributed by atoms with Crippen LogP contribution in [-0.2, 0) is 27.7 Å².